The summed E-state index contributed by atoms with van der Waals surface area (Å²) >= 11 is 0. The second-order valence-electron chi connectivity index (χ2n) is 5.98. The first kappa shape index (κ1) is 13.0. The molecule has 0 amide bonds. The van der Waals surface area contributed by atoms with E-state index in [1.807, 2.05) is 0 Å². The molecule has 0 aromatic heterocycles. The van der Waals surface area contributed by atoms with Gasteiger partial charge in [-0.2, -0.15) is 0 Å². The quantitative estimate of drug-likeness (QED) is 0.748. The van der Waals surface area contributed by atoms with E-state index in [0.717, 1.165) is 11.8 Å². The van der Waals surface area contributed by atoms with Crippen LogP contribution in [0.15, 0.2) is 0 Å². The highest BCUT2D eigenvalue weighted by Crippen LogP contribution is 2.40. The van der Waals surface area contributed by atoms with Crippen molar-refractivity contribution in [3.63, 3.8) is 0 Å². The molecule has 3 atom stereocenters. The van der Waals surface area contributed by atoms with Crippen molar-refractivity contribution in [1.29, 1.82) is 0 Å². The molecule has 0 aromatic carbocycles. The van der Waals surface area contributed by atoms with Crippen LogP contribution in [0.1, 0.15) is 66.2 Å². The molecule has 0 spiro atoms. The highest BCUT2D eigenvalue weighted by molar-refractivity contribution is 4.90. The maximum absolute atomic E-state index is 6.50. The van der Waals surface area contributed by atoms with E-state index >= 15 is 0 Å². The van der Waals surface area contributed by atoms with Crippen LogP contribution in [-0.2, 0) is 0 Å². The Balaban J connectivity index is 2.67. The number of hydrogen-bond donors (Lipinski definition) is 1. The maximum atomic E-state index is 6.50. The van der Waals surface area contributed by atoms with Gasteiger partial charge in [-0.3, -0.25) is 0 Å². The number of hydrogen-bond acceptors (Lipinski definition) is 1. The Bertz CT molecular complexity index is 186. The Labute approximate surface area is 95.8 Å². The Morgan fingerprint density at radius 3 is 2.33 bits per heavy atom. The lowest BCUT2D eigenvalue weighted by atomic mass is 9.66. The van der Waals surface area contributed by atoms with Gasteiger partial charge in [-0.1, -0.05) is 53.4 Å². The summed E-state index contributed by atoms with van der Waals surface area (Å²) in [5.41, 5.74) is 6.82. The summed E-state index contributed by atoms with van der Waals surface area (Å²) in [5, 5.41) is 0. The molecule has 1 fully saturated rings. The summed E-state index contributed by atoms with van der Waals surface area (Å²) in [6.07, 6.45) is 8.11. The fraction of sp³-hybridized carbons (Fsp3) is 1.00. The standard InChI is InChI=1S/C14H29N/c1-5-11-9-7-8-10-12(11)13(15)14(3,4)6-2/h11-13H,5-10,15H2,1-4H3. The molecule has 1 saturated carbocycles. The van der Waals surface area contributed by atoms with Crippen molar-refractivity contribution < 1.29 is 0 Å². The summed E-state index contributed by atoms with van der Waals surface area (Å²) in [4.78, 5) is 0. The molecule has 0 heterocycles. The van der Waals surface area contributed by atoms with Gasteiger partial charge in [0.15, 0.2) is 0 Å². The smallest absolute Gasteiger partial charge is 0.0121 e. The van der Waals surface area contributed by atoms with Crippen LogP contribution in [0.4, 0.5) is 0 Å². The van der Waals surface area contributed by atoms with Gasteiger partial charge in [0, 0.05) is 6.04 Å². The molecule has 3 unspecified atom stereocenters. The van der Waals surface area contributed by atoms with E-state index in [1.165, 1.54) is 38.5 Å². The largest absolute Gasteiger partial charge is 0.327 e. The topological polar surface area (TPSA) is 26.0 Å². The van der Waals surface area contributed by atoms with Gasteiger partial charge in [-0.05, 0) is 30.1 Å². The van der Waals surface area contributed by atoms with Gasteiger partial charge in [-0.15, -0.1) is 0 Å². The van der Waals surface area contributed by atoms with Crippen molar-refractivity contribution >= 4 is 0 Å². The van der Waals surface area contributed by atoms with Crippen molar-refractivity contribution in [2.45, 2.75) is 72.3 Å². The molecule has 0 aromatic rings. The predicted octanol–water partition coefficient (Wildman–Crippen LogP) is 3.97. The van der Waals surface area contributed by atoms with E-state index < -0.39 is 0 Å². The number of rotatable bonds is 4. The van der Waals surface area contributed by atoms with E-state index in [1.54, 1.807) is 0 Å². The fourth-order valence-electron chi connectivity index (χ4n) is 3.03. The summed E-state index contributed by atoms with van der Waals surface area (Å²) < 4.78 is 0. The van der Waals surface area contributed by atoms with E-state index in [4.69, 9.17) is 5.73 Å². The molecule has 0 radical (unpaired) electrons. The van der Waals surface area contributed by atoms with Crippen molar-refractivity contribution in [3.05, 3.63) is 0 Å². The molecular weight excluding hydrogens is 182 g/mol. The van der Waals surface area contributed by atoms with Crippen LogP contribution < -0.4 is 5.73 Å². The molecule has 1 nitrogen and oxygen atoms in total. The lowest BCUT2D eigenvalue weighted by molar-refractivity contribution is 0.117. The maximum Gasteiger partial charge on any atom is 0.0121 e. The Morgan fingerprint density at radius 2 is 1.80 bits per heavy atom. The minimum Gasteiger partial charge on any atom is -0.327 e. The van der Waals surface area contributed by atoms with Gasteiger partial charge in [0.2, 0.25) is 0 Å². The van der Waals surface area contributed by atoms with Crippen LogP contribution in [0.5, 0.6) is 0 Å². The molecular formula is C14H29N. The molecule has 1 aliphatic rings. The third-order valence-corrected chi connectivity index (χ3v) is 4.77. The lowest BCUT2D eigenvalue weighted by Gasteiger charge is -2.42. The van der Waals surface area contributed by atoms with Crippen LogP contribution in [-0.4, -0.2) is 6.04 Å². The van der Waals surface area contributed by atoms with E-state index in [2.05, 4.69) is 27.7 Å². The average Bonchev–Trinajstić information content (AvgIpc) is 2.28. The average molecular weight is 211 g/mol. The second kappa shape index (κ2) is 5.34. The predicted molar refractivity (Wildman–Crippen MR) is 67.8 cm³/mol. The van der Waals surface area contributed by atoms with Crippen LogP contribution >= 0.6 is 0 Å². The SMILES string of the molecule is CCC1CCCCC1C(N)C(C)(C)CC. The Hall–Kier alpha value is -0.0400. The molecule has 1 heteroatoms. The fourth-order valence-corrected chi connectivity index (χ4v) is 3.03. The van der Waals surface area contributed by atoms with Crippen molar-refractivity contribution in [2.24, 2.45) is 23.0 Å². The molecule has 1 aliphatic carbocycles. The Morgan fingerprint density at radius 1 is 1.20 bits per heavy atom. The van der Waals surface area contributed by atoms with Gasteiger partial charge < -0.3 is 5.73 Å². The summed E-state index contributed by atoms with van der Waals surface area (Å²) in [6, 6.07) is 0.396. The summed E-state index contributed by atoms with van der Waals surface area (Å²) in [5.74, 6) is 1.67. The summed E-state index contributed by atoms with van der Waals surface area (Å²) in [6.45, 7) is 9.26. The van der Waals surface area contributed by atoms with E-state index in [9.17, 15) is 0 Å². The molecule has 90 valence electrons. The zero-order valence-electron chi connectivity index (χ0n) is 11.1. The summed E-state index contributed by atoms with van der Waals surface area (Å²) in [7, 11) is 0. The molecule has 2 N–H and O–H groups in total. The first-order valence-electron chi connectivity index (χ1n) is 6.78. The van der Waals surface area contributed by atoms with Gasteiger partial charge in [-0.25, -0.2) is 0 Å². The van der Waals surface area contributed by atoms with Gasteiger partial charge in [0.25, 0.3) is 0 Å². The van der Waals surface area contributed by atoms with Gasteiger partial charge in [0.1, 0.15) is 0 Å². The molecule has 15 heavy (non-hydrogen) atoms. The van der Waals surface area contributed by atoms with Crippen LogP contribution in [0.2, 0.25) is 0 Å². The van der Waals surface area contributed by atoms with Crippen molar-refractivity contribution in [1.82, 2.24) is 0 Å². The first-order chi connectivity index (χ1) is 7.03. The van der Waals surface area contributed by atoms with Crippen molar-refractivity contribution in [3.8, 4) is 0 Å². The van der Waals surface area contributed by atoms with Crippen LogP contribution in [0, 0.1) is 17.3 Å². The molecule has 0 saturated heterocycles. The molecule has 1 rings (SSSR count). The van der Waals surface area contributed by atoms with E-state index in [-0.39, 0.29) is 0 Å². The minimum atomic E-state index is 0.315. The van der Waals surface area contributed by atoms with Crippen LogP contribution in [0.25, 0.3) is 0 Å². The first-order valence-corrected chi connectivity index (χ1v) is 6.78. The van der Waals surface area contributed by atoms with Gasteiger partial charge >= 0.3 is 0 Å². The third kappa shape index (κ3) is 2.96. The molecule has 0 bridgehead atoms. The molecule has 0 aliphatic heterocycles. The monoisotopic (exact) mass is 211 g/mol. The highest BCUT2D eigenvalue weighted by Gasteiger charge is 2.36. The number of nitrogens with two attached hydrogens (primary N) is 1. The third-order valence-electron chi connectivity index (χ3n) is 4.77. The van der Waals surface area contributed by atoms with Gasteiger partial charge in [0.05, 0.1) is 0 Å². The zero-order valence-corrected chi connectivity index (χ0v) is 11.1. The van der Waals surface area contributed by atoms with Crippen LogP contribution in [0.3, 0.4) is 0 Å². The minimum absolute atomic E-state index is 0.315. The highest BCUT2D eigenvalue weighted by atomic mass is 14.7. The Kier molecular flexibility index (Phi) is 4.64. The van der Waals surface area contributed by atoms with Crippen molar-refractivity contribution in [2.75, 3.05) is 0 Å². The zero-order chi connectivity index (χ0) is 11.5. The normalized spacial score (nSPS) is 30.2. The second-order valence-corrected chi connectivity index (χ2v) is 5.98. The lowest BCUT2D eigenvalue weighted by Crippen LogP contribution is -2.46. The van der Waals surface area contributed by atoms with E-state index in [0.29, 0.717) is 11.5 Å².